The molecule has 0 radical (unpaired) electrons. The maximum absolute atomic E-state index is 13.4. The van der Waals surface area contributed by atoms with Crippen LogP contribution < -0.4 is 10.1 Å². The third kappa shape index (κ3) is 2.55. The van der Waals surface area contributed by atoms with Crippen LogP contribution in [-0.4, -0.2) is 40.8 Å². The van der Waals surface area contributed by atoms with Gasteiger partial charge in [0.2, 0.25) is 0 Å². The zero-order valence-corrected chi connectivity index (χ0v) is 16.5. The van der Waals surface area contributed by atoms with Crippen molar-refractivity contribution in [1.82, 2.24) is 15.2 Å². The number of H-pyrrole nitrogens is 1. The Morgan fingerprint density at radius 3 is 2.83 bits per heavy atom. The molecule has 7 heteroatoms. The van der Waals surface area contributed by atoms with E-state index in [-0.39, 0.29) is 12.3 Å². The predicted molar refractivity (Wildman–Crippen MR) is 110 cm³/mol. The van der Waals surface area contributed by atoms with E-state index in [9.17, 15) is 14.4 Å². The smallest absolute Gasteiger partial charge is 0.325 e. The molecule has 0 bridgehead atoms. The second-order valence-electron chi connectivity index (χ2n) is 7.64. The number of fused-ring (bicyclic) bond motifs is 3. The number of carbonyl (C=O) groups is 3. The van der Waals surface area contributed by atoms with Crippen molar-refractivity contribution in [3.8, 4) is 5.75 Å². The molecule has 7 nitrogen and oxygen atoms in total. The van der Waals surface area contributed by atoms with Crippen LogP contribution in [-0.2, 0) is 16.8 Å². The number of aromatic amines is 1. The summed E-state index contributed by atoms with van der Waals surface area (Å²) in [5.74, 6) is -0.115. The minimum atomic E-state index is -1.18. The second-order valence-corrected chi connectivity index (χ2v) is 7.64. The first kappa shape index (κ1) is 18.4. The molecule has 3 heterocycles. The van der Waals surface area contributed by atoms with Gasteiger partial charge in [0, 0.05) is 34.6 Å². The first-order valence-electron chi connectivity index (χ1n) is 10.0. The van der Waals surface area contributed by atoms with Crippen LogP contribution in [0.4, 0.5) is 4.79 Å². The van der Waals surface area contributed by atoms with Gasteiger partial charge in [-0.25, -0.2) is 4.79 Å². The molecule has 152 valence electrons. The topological polar surface area (TPSA) is 91.5 Å². The first-order valence-corrected chi connectivity index (χ1v) is 10.0. The summed E-state index contributed by atoms with van der Waals surface area (Å²) in [5, 5.41) is 3.63. The fourth-order valence-corrected chi connectivity index (χ4v) is 4.49. The molecule has 3 amide bonds. The lowest BCUT2D eigenvalue weighted by atomic mass is 9.84. The van der Waals surface area contributed by atoms with Gasteiger partial charge < -0.3 is 15.0 Å². The zero-order chi connectivity index (χ0) is 20.9. The fourth-order valence-electron chi connectivity index (χ4n) is 4.49. The van der Waals surface area contributed by atoms with Gasteiger partial charge in [0.05, 0.1) is 13.2 Å². The molecule has 0 aliphatic carbocycles. The predicted octanol–water partition coefficient (Wildman–Crippen LogP) is 3.14. The van der Waals surface area contributed by atoms with Crippen LogP contribution in [0.15, 0.2) is 48.7 Å². The van der Waals surface area contributed by atoms with Crippen LogP contribution in [0, 0.1) is 0 Å². The molecule has 2 aromatic carbocycles. The molecule has 1 aromatic heterocycles. The van der Waals surface area contributed by atoms with Gasteiger partial charge in [-0.15, -0.1) is 0 Å². The monoisotopic (exact) mass is 403 g/mol. The number of Topliss-reactive ketones (excluding diaryl/α,β-unsaturated/α-hetero) is 1. The molecule has 2 aliphatic rings. The van der Waals surface area contributed by atoms with Gasteiger partial charge >= 0.3 is 6.03 Å². The molecule has 0 saturated carbocycles. The number of nitrogens with one attached hydrogen (secondary N) is 2. The highest BCUT2D eigenvalue weighted by molar-refractivity contribution is 6.14. The number of carbonyl (C=O) groups excluding carboxylic acids is 3. The fraction of sp³-hybridized carbons (Fsp3) is 0.261. The number of hydrogen-bond donors (Lipinski definition) is 2. The molecular formula is C23H21N3O4. The minimum absolute atomic E-state index is 0.282. The Morgan fingerprint density at radius 2 is 2.00 bits per heavy atom. The second kappa shape index (κ2) is 6.73. The van der Waals surface area contributed by atoms with Gasteiger partial charge in [-0.3, -0.25) is 14.5 Å². The van der Waals surface area contributed by atoms with Crippen molar-refractivity contribution in [1.29, 1.82) is 0 Å². The van der Waals surface area contributed by atoms with Gasteiger partial charge in [-0.2, -0.15) is 0 Å². The number of nitrogens with zero attached hydrogens (tertiary/aromatic N) is 1. The standard InChI is InChI=1S/C23H21N3O4/c1-2-14-6-5-7-15-16(12-24-20(14)15)18(27)13-26-21(28)23(25-22(26)29)10-11-30-19-9-4-3-8-17(19)23/h3-9,12,24H,2,10-11,13H2,1H3,(H,25,29)/t23-/m1/s1. The highest BCUT2D eigenvalue weighted by Crippen LogP contribution is 2.41. The maximum Gasteiger partial charge on any atom is 0.325 e. The van der Waals surface area contributed by atoms with Gasteiger partial charge in [0.1, 0.15) is 5.75 Å². The lowest BCUT2D eigenvalue weighted by molar-refractivity contribution is -0.132. The zero-order valence-electron chi connectivity index (χ0n) is 16.5. The Balaban J connectivity index is 1.46. The highest BCUT2D eigenvalue weighted by Gasteiger charge is 2.55. The number of urea groups is 1. The van der Waals surface area contributed by atoms with Gasteiger partial charge in [-0.05, 0) is 18.1 Å². The molecular weight excluding hydrogens is 382 g/mol. The summed E-state index contributed by atoms with van der Waals surface area (Å²) in [6, 6.07) is 12.4. The van der Waals surface area contributed by atoms with E-state index >= 15 is 0 Å². The van der Waals surface area contributed by atoms with Crippen molar-refractivity contribution in [2.24, 2.45) is 0 Å². The van der Waals surface area contributed by atoms with E-state index in [1.54, 1.807) is 24.4 Å². The number of ether oxygens (including phenoxy) is 1. The summed E-state index contributed by atoms with van der Waals surface area (Å²) in [4.78, 5) is 43.3. The summed E-state index contributed by atoms with van der Waals surface area (Å²) in [6.45, 7) is 2.06. The number of rotatable bonds is 4. The molecule has 1 atom stereocenters. The van der Waals surface area contributed by atoms with Crippen LogP contribution in [0.5, 0.6) is 5.75 Å². The van der Waals surface area contributed by atoms with E-state index in [0.29, 0.717) is 29.9 Å². The van der Waals surface area contributed by atoms with Crippen molar-refractivity contribution in [2.75, 3.05) is 13.2 Å². The Hall–Kier alpha value is -3.61. The van der Waals surface area contributed by atoms with Crippen molar-refractivity contribution < 1.29 is 19.1 Å². The van der Waals surface area contributed by atoms with Crippen LogP contribution in [0.1, 0.15) is 34.8 Å². The van der Waals surface area contributed by atoms with Crippen molar-refractivity contribution in [2.45, 2.75) is 25.3 Å². The SMILES string of the molecule is CCc1cccc2c(C(=O)CN3C(=O)N[C@@]4(CCOc5ccccc54)C3=O)c[nH]c12. The number of aromatic nitrogens is 1. The summed E-state index contributed by atoms with van der Waals surface area (Å²) < 4.78 is 5.65. The molecule has 2 N–H and O–H groups in total. The largest absolute Gasteiger partial charge is 0.493 e. The van der Waals surface area contributed by atoms with E-state index in [0.717, 1.165) is 27.8 Å². The van der Waals surface area contributed by atoms with Crippen LogP contribution in [0.2, 0.25) is 0 Å². The molecule has 1 spiro atoms. The number of amides is 3. The van der Waals surface area contributed by atoms with Crippen LogP contribution in [0.25, 0.3) is 10.9 Å². The van der Waals surface area contributed by atoms with Crippen molar-refractivity contribution in [3.05, 3.63) is 65.4 Å². The van der Waals surface area contributed by atoms with E-state index < -0.39 is 17.5 Å². The molecule has 1 fully saturated rings. The highest BCUT2D eigenvalue weighted by atomic mass is 16.5. The number of hydrogen-bond acceptors (Lipinski definition) is 4. The van der Waals surface area contributed by atoms with Gasteiger partial charge in [0.15, 0.2) is 11.3 Å². The number of imide groups is 1. The summed E-state index contributed by atoms with van der Waals surface area (Å²) >= 11 is 0. The summed E-state index contributed by atoms with van der Waals surface area (Å²) in [7, 11) is 0. The number of ketones is 1. The van der Waals surface area contributed by atoms with Crippen LogP contribution in [0.3, 0.4) is 0 Å². The average Bonchev–Trinajstić information content (AvgIpc) is 3.30. The molecule has 1 saturated heterocycles. The normalized spacial score (nSPS) is 20.4. The Morgan fingerprint density at radius 1 is 1.17 bits per heavy atom. The summed E-state index contributed by atoms with van der Waals surface area (Å²) in [5.41, 5.74) is 1.95. The molecule has 0 unspecified atom stereocenters. The number of para-hydroxylation sites is 2. The van der Waals surface area contributed by atoms with E-state index in [2.05, 4.69) is 17.2 Å². The minimum Gasteiger partial charge on any atom is -0.493 e. The van der Waals surface area contributed by atoms with Gasteiger partial charge in [-0.1, -0.05) is 43.3 Å². The van der Waals surface area contributed by atoms with Crippen LogP contribution >= 0.6 is 0 Å². The third-order valence-corrected chi connectivity index (χ3v) is 6.04. The van der Waals surface area contributed by atoms with E-state index in [4.69, 9.17) is 4.74 Å². The third-order valence-electron chi connectivity index (χ3n) is 6.04. The first-order chi connectivity index (χ1) is 14.5. The van der Waals surface area contributed by atoms with Crippen molar-refractivity contribution in [3.63, 3.8) is 0 Å². The van der Waals surface area contributed by atoms with Gasteiger partial charge in [0.25, 0.3) is 5.91 Å². The maximum atomic E-state index is 13.4. The number of benzene rings is 2. The average molecular weight is 403 g/mol. The molecule has 30 heavy (non-hydrogen) atoms. The molecule has 3 aromatic rings. The molecule has 5 rings (SSSR count). The number of aryl methyl sites for hydroxylation is 1. The van der Waals surface area contributed by atoms with Crippen molar-refractivity contribution >= 4 is 28.6 Å². The lowest BCUT2D eigenvalue weighted by Crippen LogP contribution is -2.47. The Bertz CT molecular complexity index is 1200. The lowest BCUT2D eigenvalue weighted by Gasteiger charge is -2.33. The Kier molecular flexibility index (Phi) is 4.13. The van der Waals surface area contributed by atoms with E-state index in [1.165, 1.54) is 0 Å². The quantitative estimate of drug-likeness (QED) is 0.517. The van der Waals surface area contributed by atoms with E-state index in [1.807, 2.05) is 24.3 Å². The Labute approximate surface area is 173 Å². The summed E-state index contributed by atoms with van der Waals surface area (Å²) in [6.07, 6.45) is 2.82. The molecule has 2 aliphatic heterocycles.